The molecular weight excluding hydrogens is 298 g/mol. The molecule has 1 aromatic heterocycles. The van der Waals surface area contributed by atoms with E-state index in [4.69, 9.17) is 4.74 Å². The lowest BCUT2D eigenvalue weighted by Gasteiger charge is -2.27. The van der Waals surface area contributed by atoms with E-state index in [1.54, 1.807) is 24.2 Å². The number of urea groups is 1. The first-order chi connectivity index (χ1) is 11.1. The maximum Gasteiger partial charge on any atom is 0.319 e. The van der Waals surface area contributed by atoms with E-state index < -0.39 is 6.04 Å². The lowest BCUT2D eigenvalue weighted by molar-refractivity contribution is -0.128. The summed E-state index contributed by atoms with van der Waals surface area (Å²) in [6, 6.07) is 2.84. The Bertz CT molecular complexity index is 571. The van der Waals surface area contributed by atoms with Gasteiger partial charge < -0.3 is 25.2 Å². The molecule has 0 aromatic carbocycles. The van der Waals surface area contributed by atoms with E-state index in [1.165, 1.54) is 0 Å². The van der Waals surface area contributed by atoms with Crippen LogP contribution in [0.4, 0.5) is 16.3 Å². The summed E-state index contributed by atoms with van der Waals surface area (Å²) in [6.07, 6.45) is 2.25. The Labute approximate surface area is 134 Å². The van der Waals surface area contributed by atoms with Crippen molar-refractivity contribution in [1.29, 1.82) is 0 Å². The molecule has 0 aliphatic carbocycles. The maximum absolute atomic E-state index is 12.0. The van der Waals surface area contributed by atoms with Crippen LogP contribution >= 0.6 is 0 Å². The van der Waals surface area contributed by atoms with E-state index in [0.717, 1.165) is 18.9 Å². The summed E-state index contributed by atoms with van der Waals surface area (Å²) in [6.45, 7) is 3.70. The molecule has 2 saturated heterocycles. The first kappa shape index (κ1) is 15.5. The lowest BCUT2D eigenvalue weighted by Crippen LogP contribution is -2.42. The zero-order chi connectivity index (χ0) is 16.2. The van der Waals surface area contributed by atoms with Crippen molar-refractivity contribution in [3.63, 3.8) is 0 Å². The van der Waals surface area contributed by atoms with Gasteiger partial charge in [0.2, 0.25) is 5.91 Å². The number of anilines is 2. The third-order valence-electron chi connectivity index (χ3n) is 4.07. The Morgan fingerprint density at radius 3 is 2.70 bits per heavy atom. The van der Waals surface area contributed by atoms with Crippen LogP contribution in [0, 0.1) is 0 Å². The zero-order valence-corrected chi connectivity index (χ0v) is 13.1. The van der Waals surface area contributed by atoms with Gasteiger partial charge in [-0.3, -0.25) is 4.79 Å². The molecule has 0 radical (unpaired) electrons. The highest BCUT2D eigenvalue weighted by molar-refractivity contribution is 5.94. The Morgan fingerprint density at radius 2 is 2.09 bits per heavy atom. The molecule has 1 aromatic rings. The summed E-state index contributed by atoms with van der Waals surface area (Å²) < 4.78 is 5.31. The Hall–Kier alpha value is -2.35. The number of aromatic nitrogens is 1. The molecule has 3 rings (SSSR count). The SMILES string of the molecule is CN1CC[C@H](NC(=O)Nc2ccc(N3CCOCC3)nc2)C1=O. The van der Waals surface area contributed by atoms with Crippen LogP contribution in [0.2, 0.25) is 0 Å². The summed E-state index contributed by atoms with van der Waals surface area (Å²) in [5, 5.41) is 5.40. The topological polar surface area (TPSA) is 86.8 Å². The minimum Gasteiger partial charge on any atom is -0.378 e. The van der Waals surface area contributed by atoms with Crippen molar-refractivity contribution in [1.82, 2.24) is 15.2 Å². The minimum atomic E-state index is -0.444. The first-order valence-electron chi connectivity index (χ1n) is 7.75. The number of rotatable bonds is 3. The van der Waals surface area contributed by atoms with Crippen molar-refractivity contribution in [2.75, 3.05) is 50.1 Å². The molecule has 8 nitrogen and oxygen atoms in total. The summed E-state index contributed by atoms with van der Waals surface area (Å²) in [5.41, 5.74) is 0.596. The van der Waals surface area contributed by atoms with E-state index in [2.05, 4.69) is 20.5 Å². The zero-order valence-electron chi connectivity index (χ0n) is 13.1. The van der Waals surface area contributed by atoms with Gasteiger partial charge in [-0.15, -0.1) is 0 Å². The van der Waals surface area contributed by atoms with Crippen molar-refractivity contribution in [3.8, 4) is 0 Å². The van der Waals surface area contributed by atoms with Crippen molar-refractivity contribution in [3.05, 3.63) is 18.3 Å². The number of nitrogens with one attached hydrogen (secondary N) is 2. The number of ether oxygens (including phenoxy) is 1. The van der Waals surface area contributed by atoms with Crippen LogP contribution in [0.25, 0.3) is 0 Å². The summed E-state index contributed by atoms with van der Waals surface area (Å²) in [5.74, 6) is 0.813. The smallest absolute Gasteiger partial charge is 0.319 e. The fourth-order valence-corrected chi connectivity index (χ4v) is 2.72. The van der Waals surface area contributed by atoms with Gasteiger partial charge in [0.1, 0.15) is 11.9 Å². The number of pyridine rings is 1. The molecule has 124 valence electrons. The van der Waals surface area contributed by atoms with Crippen LogP contribution in [0.15, 0.2) is 18.3 Å². The predicted octanol–water partition coefficient (Wildman–Crippen LogP) is 0.270. The fourth-order valence-electron chi connectivity index (χ4n) is 2.72. The minimum absolute atomic E-state index is 0.0547. The average molecular weight is 319 g/mol. The largest absolute Gasteiger partial charge is 0.378 e. The molecule has 0 unspecified atom stereocenters. The predicted molar refractivity (Wildman–Crippen MR) is 85.5 cm³/mol. The second kappa shape index (κ2) is 6.82. The average Bonchev–Trinajstić information content (AvgIpc) is 2.88. The molecule has 2 N–H and O–H groups in total. The molecule has 1 atom stereocenters. The molecule has 23 heavy (non-hydrogen) atoms. The third-order valence-corrected chi connectivity index (χ3v) is 4.07. The van der Waals surface area contributed by atoms with Crippen LogP contribution in [0.5, 0.6) is 0 Å². The molecule has 8 heteroatoms. The van der Waals surface area contributed by atoms with Crippen LogP contribution in [0.1, 0.15) is 6.42 Å². The molecule has 2 fully saturated rings. The number of amides is 3. The fraction of sp³-hybridized carbons (Fsp3) is 0.533. The Balaban J connectivity index is 1.53. The van der Waals surface area contributed by atoms with Gasteiger partial charge >= 0.3 is 6.03 Å². The molecule has 2 aliphatic rings. The number of hydrogen-bond donors (Lipinski definition) is 2. The highest BCUT2D eigenvalue weighted by atomic mass is 16.5. The van der Waals surface area contributed by atoms with Gasteiger partial charge in [-0.25, -0.2) is 9.78 Å². The van der Waals surface area contributed by atoms with Crippen molar-refractivity contribution in [2.45, 2.75) is 12.5 Å². The Morgan fingerprint density at radius 1 is 1.30 bits per heavy atom. The number of morpholine rings is 1. The number of carbonyl (C=O) groups is 2. The molecule has 0 spiro atoms. The normalized spacial score (nSPS) is 21.4. The highest BCUT2D eigenvalue weighted by Crippen LogP contribution is 2.15. The van der Waals surface area contributed by atoms with Gasteiger partial charge in [0.05, 0.1) is 25.1 Å². The van der Waals surface area contributed by atoms with Gasteiger partial charge in [0, 0.05) is 26.7 Å². The van der Waals surface area contributed by atoms with Gasteiger partial charge in [-0.05, 0) is 18.6 Å². The van der Waals surface area contributed by atoms with Gasteiger partial charge in [-0.1, -0.05) is 0 Å². The van der Waals surface area contributed by atoms with E-state index in [1.807, 2.05) is 6.07 Å². The van der Waals surface area contributed by atoms with Crippen LogP contribution in [-0.2, 0) is 9.53 Å². The molecule has 0 bridgehead atoms. The summed E-state index contributed by atoms with van der Waals surface area (Å²) >= 11 is 0. The first-order valence-corrected chi connectivity index (χ1v) is 7.75. The summed E-state index contributed by atoms with van der Waals surface area (Å²) in [7, 11) is 1.73. The second-order valence-corrected chi connectivity index (χ2v) is 5.70. The standard InChI is InChI=1S/C15H21N5O3/c1-19-5-4-12(14(19)21)18-15(22)17-11-2-3-13(16-10-11)20-6-8-23-9-7-20/h2-3,10,12H,4-9H2,1H3,(H2,17,18,22)/t12-/m0/s1. The number of likely N-dealkylation sites (N-methyl/N-ethyl adjacent to an activating group) is 1. The number of hydrogen-bond acceptors (Lipinski definition) is 5. The van der Waals surface area contributed by atoms with Crippen molar-refractivity contribution in [2.24, 2.45) is 0 Å². The molecule has 3 heterocycles. The van der Waals surface area contributed by atoms with Crippen molar-refractivity contribution >= 4 is 23.4 Å². The highest BCUT2D eigenvalue weighted by Gasteiger charge is 2.30. The molecule has 3 amide bonds. The van der Waals surface area contributed by atoms with E-state index in [9.17, 15) is 9.59 Å². The molecular formula is C15H21N5O3. The molecule has 0 saturated carbocycles. The van der Waals surface area contributed by atoms with Crippen LogP contribution in [-0.4, -0.2) is 67.8 Å². The molecule has 2 aliphatic heterocycles. The maximum atomic E-state index is 12.0. The number of carbonyl (C=O) groups excluding carboxylic acids is 2. The van der Waals surface area contributed by atoms with Gasteiger partial charge in [0.15, 0.2) is 0 Å². The third kappa shape index (κ3) is 3.70. The number of nitrogens with zero attached hydrogens (tertiary/aromatic N) is 3. The van der Waals surface area contributed by atoms with E-state index in [0.29, 0.717) is 31.9 Å². The van der Waals surface area contributed by atoms with Gasteiger partial charge in [0.25, 0.3) is 0 Å². The monoisotopic (exact) mass is 319 g/mol. The Kier molecular flexibility index (Phi) is 4.61. The number of likely N-dealkylation sites (tertiary alicyclic amines) is 1. The van der Waals surface area contributed by atoms with E-state index in [-0.39, 0.29) is 11.9 Å². The van der Waals surface area contributed by atoms with E-state index >= 15 is 0 Å². The second-order valence-electron chi connectivity index (χ2n) is 5.70. The van der Waals surface area contributed by atoms with Crippen LogP contribution in [0.3, 0.4) is 0 Å². The lowest BCUT2D eigenvalue weighted by atomic mass is 10.2. The van der Waals surface area contributed by atoms with Gasteiger partial charge in [-0.2, -0.15) is 0 Å². The van der Waals surface area contributed by atoms with Crippen LogP contribution < -0.4 is 15.5 Å². The summed E-state index contributed by atoms with van der Waals surface area (Å²) in [4.78, 5) is 31.8. The van der Waals surface area contributed by atoms with Crippen molar-refractivity contribution < 1.29 is 14.3 Å². The quantitative estimate of drug-likeness (QED) is 0.835.